The van der Waals surface area contributed by atoms with Crippen LogP contribution in [0, 0.1) is 0 Å². The van der Waals surface area contributed by atoms with Gasteiger partial charge in [-0.05, 0) is 37.8 Å². The molecule has 2 N–H and O–H groups in total. The highest BCUT2D eigenvalue weighted by Crippen LogP contribution is 2.22. The topological polar surface area (TPSA) is 54.0 Å². The van der Waals surface area contributed by atoms with Gasteiger partial charge in [0.15, 0.2) is 0 Å². The van der Waals surface area contributed by atoms with E-state index in [0.717, 1.165) is 18.5 Å². The molecule has 3 rings (SSSR count). The fourth-order valence-corrected chi connectivity index (χ4v) is 3.63. The van der Waals surface area contributed by atoms with Crippen LogP contribution >= 0.6 is 0 Å². The van der Waals surface area contributed by atoms with Crippen molar-refractivity contribution in [2.75, 3.05) is 5.32 Å². The Balaban J connectivity index is 1.58. The van der Waals surface area contributed by atoms with Crippen LogP contribution in [0.2, 0.25) is 0 Å². The van der Waals surface area contributed by atoms with E-state index in [0.29, 0.717) is 17.8 Å². The molecule has 22 heavy (non-hydrogen) atoms. The number of carbonyl (C=O) groups excluding carboxylic acids is 1. The van der Waals surface area contributed by atoms with Gasteiger partial charge in [-0.1, -0.05) is 38.5 Å². The first-order chi connectivity index (χ1) is 10.8. The van der Waals surface area contributed by atoms with E-state index in [2.05, 4.69) is 15.6 Å². The van der Waals surface area contributed by atoms with E-state index in [-0.39, 0.29) is 5.91 Å². The number of hydrogen-bond acceptors (Lipinski definition) is 3. The minimum absolute atomic E-state index is 0.0285. The van der Waals surface area contributed by atoms with Crippen LogP contribution in [0.15, 0.2) is 18.3 Å². The molecule has 1 heterocycles. The number of aromatic nitrogens is 1. The first-order valence-corrected chi connectivity index (χ1v) is 8.85. The lowest BCUT2D eigenvalue weighted by atomic mass is 9.95. The van der Waals surface area contributed by atoms with E-state index in [9.17, 15) is 4.79 Å². The first kappa shape index (κ1) is 15.3. The van der Waals surface area contributed by atoms with Crippen LogP contribution in [0.5, 0.6) is 0 Å². The fraction of sp³-hybridized carbons (Fsp3) is 0.667. The molecule has 1 amide bonds. The van der Waals surface area contributed by atoms with Gasteiger partial charge in [0.2, 0.25) is 0 Å². The minimum Gasteiger partial charge on any atom is -0.382 e. The molecule has 0 aromatic carbocycles. The standard InChI is InChI=1S/C18H27N3O/c22-18(21-15-9-5-2-6-10-15)17-13-16(11-12-19-17)20-14-7-3-1-4-8-14/h11-15H,1-10H2,(H,19,20)(H,21,22). The van der Waals surface area contributed by atoms with Gasteiger partial charge in [-0.2, -0.15) is 0 Å². The summed E-state index contributed by atoms with van der Waals surface area (Å²) < 4.78 is 0. The van der Waals surface area contributed by atoms with Gasteiger partial charge in [-0.15, -0.1) is 0 Å². The maximum atomic E-state index is 12.4. The van der Waals surface area contributed by atoms with E-state index in [1.807, 2.05) is 12.1 Å². The lowest BCUT2D eigenvalue weighted by molar-refractivity contribution is 0.0922. The van der Waals surface area contributed by atoms with E-state index in [1.165, 1.54) is 51.4 Å². The van der Waals surface area contributed by atoms with Crippen molar-refractivity contribution >= 4 is 11.6 Å². The molecule has 2 fully saturated rings. The van der Waals surface area contributed by atoms with Crippen LogP contribution < -0.4 is 10.6 Å². The Kier molecular flexibility index (Phi) is 5.30. The molecule has 120 valence electrons. The molecule has 0 aliphatic heterocycles. The molecule has 1 aromatic heterocycles. The maximum absolute atomic E-state index is 12.4. The lowest BCUT2D eigenvalue weighted by Gasteiger charge is -2.24. The number of pyridine rings is 1. The van der Waals surface area contributed by atoms with Gasteiger partial charge in [0, 0.05) is 24.0 Å². The highest BCUT2D eigenvalue weighted by atomic mass is 16.1. The van der Waals surface area contributed by atoms with Crippen LogP contribution in [-0.4, -0.2) is 23.0 Å². The molecule has 0 radical (unpaired) electrons. The summed E-state index contributed by atoms with van der Waals surface area (Å²) >= 11 is 0. The van der Waals surface area contributed by atoms with Gasteiger partial charge in [0.25, 0.3) is 5.91 Å². The smallest absolute Gasteiger partial charge is 0.270 e. The highest BCUT2D eigenvalue weighted by molar-refractivity contribution is 5.93. The van der Waals surface area contributed by atoms with Crippen molar-refractivity contribution in [3.8, 4) is 0 Å². The Morgan fingerprint density at radius 1 is 0.955 bits per heavy atom. The fourth-order valence-electron chi connectivity index (χ4n) is 3.63. The lowest BCUT2D eigenvalue weighted by Crippen LogP contribution is -2.36. The molecule has 2 aliphatic carbocycles. The van der Waals surface area contributed by atoms with Gasteiger partial charge in [0.05, 0.1) is 0 Å². The van der Waals surface area contributed by atoms with Gasteiger partial charge >= 0.3 is 0 Å². The third-order valence-corrected chi connectivity index (χ3v) is 4.91. The SMILES string of the molecule is O=C(NC1CCCCC1)c1cc(NC2CCCCC2)ccn1. The van der Waals surface area contributed by atoms with Crippen molar-refractivity contribution in [3.63, 3.8) is 0 Å². The van der Waals surface area contributed by atoms with Crippen molar-refractivity contribution in [2.24, 2.45) is 0 Å². The number of nitrogens with one attached hydrogen (secondary N) is 2. The monoisotopic (exact) mass is 301 g/mol. The molecule has 0 atom stereocenters. The Labute approximate surface area is 133 Å². The van der Waals surface area contributed by atoms with Crippen LogP contribution in [0.4, 0.5) is 5.69 Å². The summed E-state index contributed by atoms with van der Waals surface area (Å²) in [5.74, 6) is -0.0285. The average molecular weight is 301 g/mol. The van der Waals surface area contributed by atoms with Gasteiger partial charge in [-0.25, -0.2) is 0 Å². The second-order valence-corrected chi connectivity index (χ2v) is 6.72. The second kappa shape index (κ2) is 7.61. The minimum atomic E-state index is -0.0285. The van der Waals surface area contributed by atoms with Crippen LogP contribution in [0.25, 0.3) is 0 Å². The van der Waals surface area contributed by atoms with Gasteiger partial charge in [0.1, 0.15) is 5.69 Å². The molecule has 2 aliphatic rings. The maximum Gasteiger partial charge on any atom is 0.270 e. The van der Waals surface area contributed by atoms with E-state index in [1.54, 1.807) is 6.20 Å². The Morgan fingerprint density at radius 3 is 2.27 bits per heavy atom. The number of nitrogens with zero attached hydrogens (tertiary/aromatic N) is 1. The number of hydrogen-bond donors (Lipinski definition) is 2. The largest absolute Gasteiger partial charge is 0.382 e. The molecule has 2 saturated carbocycles. The highest BCUT2D eigenvalue weighted by Gasteiger charge is 2.18. The van der Waals surface area contributed by atoms with Crippen molar-refractivity contribution < 1.29 is 4.79 Å². The number of rotatable bonds is 4. The summed E-state index contributed by atoms with van der Waals surface area (Å²) in [6.07, 6.45) is 14.1. The predicted octanol–water partition coefficient (Wildman–Crippen LogP) is 3.89. The summed E-state index contributed by atoms with van der Waals surface area (Å²) in [5, 5.41) is 6.70. The molecule has 0 spiro atoms. The number of anilines is 1. The number of amides is 1. The molecule has 0 bridgehead atoms. The molecule has 0 unspecified atom stereocenters. The van der Waals surface area contributed by atoms with Crippen molar-refractivity contribution in [1.82, 2.24) is 10.3 Å². The predicted molar refractivity (Wildman–Crippen MR) is 89.1 cm³/mol. The molecule has 4 nitrogen and oxygen atoms in total. The second-order valence-electron chi connectivity index (χ2n) is 6.72. The van der Waals surface area contributed by atoms with Crippen LogP contribution in [-0.2, 0) is 0 Å². The Hall–Kier alpha value is -1.58. The summed E-state index contributed by atoms with van der Waals surface area (Å²) in [5.41, 5.74) is 1.56. The average Bonchev–Trinajstić information content (AvgIpc) is 2.57. The van der Waals surface area contributed by atoms with E-state index in [4.69, 9.17) is 0 Å². The molecule has 1 aromatic rings. The summed E-state index contributed by atoms with van der Waals surface area (Å²) in [6.45, 7) is 0. The first-order valence-electron chi connectivity index (χ1n) is 8.85. The zero-order chi connectivity index (χ0) is 15.2. The van der Waals surface area contributed by atoms with Crippen molar-refractivity contribution in [3.05, 3.63) is 24.0 Å². The third-order valence-electron chi connectivity index (χ3n) is 4.91. The normalized spacial score (nSPS) is 20.5. The van der Waals surface area contributed by atoms with E-state index < -0.39 is 0 Å². The zero-order valence-electron chi connectivity index (χ0n) is 13.3. The summed E-state index contributed by atoms with van der Waals surface area (Å²) in [6, 6.07) is 4.74. The summed E-state index contributed by atoms with van der Waals surface area (Å²) in [4.78, 5) is 16.6. The van der Waals surface area contributed by atoms with Crippen molar-refractivity contribution in [2.45, 2.75) is 76.3 Å². The Bertz CT molecular complexity index is 491. The summed E-state index contributed by atoms with van der Waals surface area (Å²) in [7, 11) is 0. The molecular formula is C18H27N3O. The van der Waals surface area contributed by atoms with Crippen LogP contribution in [0.1, 0.15) is 74.7 Å². The van der Waals surface area contributed by atoms with E-state index >= 15 is 0 Å². The Morgan fingerprint density at radius 2 is 1.59 bits per heavy atom. The van der Waals surface area contributed by atoms with Crippen LogP contribution in [0.3, 0.4) is 0 Å². The molecule has 4 heteroatoms. The van der Waals surface area contributed by atoms with Crippen molar-refractivity contribution in [1.29, 1.82) is 0 Å². The number of carbonyl (C=O) groups is 1. The molecule has 0 saturated heterocycles. The molecular weight excluding hydrogens is 274 g/mol. The quantitative estimate of drug-likeness (QED) is 0.887. The third kappa shape index (κ3) is 4.21. The van der Waals surface area contributed by atoms with Gasteiger partial charge in [-0.3, -0.25) is 9.78 Å². The van der Waals surface area contributed by atoms with Gasteiger partial charge < -0.3 is 10.6 Å². The zero-order valence-corrected chi connectivity index (χ0v) is 13.3.